The van der Waals surface area contributed by atoms with E-state index in [-0.39, 0.29) is 0 Å². The zero-order valence-electron chi connectivity index (χ0n) is 14.6. The molecule has 0 aliphatic heterocycles. The minimum atomic E-state index is 0.450. The van der Waals surface area contributed by atoms with Crippen LogP contribution in [-0.4, -0.2) is 6.04 Å². The zero-order valence-corrected chi connectivity index (χ0v) is 14.6. The summed E-state index contributed by atoms with van der Waals surface area (Å²) in [5.41, 5.74) is 6.21. The second kappa shape index (κ2) is 15.4. The maximum atomic E-state index is 6.21. The molecule has 0 heterocycles. The van der Waals surface area contributed by atoms with Gasteiger partial charge in [0.1, 0.15) is 0 Å². The van der Waals surface area contributed by atoms with Gasteiger partial charge in [-0.3, -0.25) is 0 Å². The monoisotopic (exact) mass is 283 g/mol. The summed E-state index contributed by atoms with van der Waals surface area (Å²) in [5, 5.41) is 0. The quantitative estimate of drug-likeness (QED) is 0.343. The van der Waals surface area contributed by atoms with E-state index >= 15 is 0 Å². The van der Waals surface area contributed by atoms with Gasteiger partial charge in [-0.25, -0.2) is 0 Å². The largest absolute Gasteiger partial charge is 0.328 e. The van der Waals surface area contributed by atoms with E-state index in [1.54, 1.807) is 0 Å². The van der Waals surface area contributed by atoms with Crippen LogP contribution in [-0.2, 0) is 0 Å². The van der Waals surface area contributed by atoms with Crippen molar-refractivity contribution in [2.75, 3.05) is 0 Å². The van der Waals surface area contributed by atoms with Gasteiger partial charge in [0.15, 0.2) is 0 Å². The molecule has 2 atom stereocenters. The van der Waals surface area contributed by atoms with Gasteiger partial charge >= 0.3 is 0 Å². The van der Waals surface area contributed by atoms with E-state index in [1.165, 1.54) is 89.9 Å². The van der Waals surface area contributed by atoms with Crippen molar-refractivity contribution in [3.05, 3.63) is 0 Å². The van der Waals surface area contributed by atoms with Gasteiger partial charge in [0.25, 0.3) is 0 Å². The highest BCUT2D eigenvalue weighted by Crippen LogP contribution is 2.18. The molecule has 0 saturated heterocycles. The Balaban J connectivity index is 3.29. The Morgan fingerprint density at radius 2 is 1.10 bits per heavy atom. The molecular formula is C19H41N. The van der Waals surface area contributed by atoms with Gasteiger partial charge in [-0.2, -0.15) is 0 Å². The SMILES string of the molecule is CCCCCCCCCCC(C)CC(N)CCCCC. The summed E-state index contributed by atoms with van der Waals surface area (Å²) in [6, 6.07) is 0.450. The van der Waals surface area contributed by atoms with E-state index in [0.29, 0.717) is 6.04 Å². The van der Waals surface area contributed by atoms with Crippen molar-refractivity contribution in [3.63, 3.8) is 0 Å². The first-order valence-corrected chi connectivity index (χ1v) is 9.46. The third kappa shape index (κ3) is 14.4. The highest BCUT2D eigenvalue weighted by atomic mass is 14.6. The lowest BCUT2D eigenvalue weighted by Gasteiger charge is -2.17. The first-order chi connectivity index (χ1) is 9.70. The molecule has 1 heteroatoms. The molecule has 2 N–H and O–H groups in total. The molecule has 0 saturated carbocycles. The van der Waals surface area contributed by atoms with Crippen molar-refractivity contribution in [2.45, 2.75) is 117 Å². The lowest BCUT2D eigenvalue weighted by Crippen LogP contribution is -2.22. The first kappa shape index (κ1) is 20.0. The van der Waals surface area contributed by atoms with Crippen molar-refractivity contribution >= 4 is 0 Å². The Morgan fingerprint density at radius 3 is 1.70 bits per heavy atom. The van der Waals surface area contributed by atoms with E-state index in [0.717, 1.165) is 5.92 Å². The molecule has 0 spiro atoms. The Labute approximate surface area is 129 Å². The molecule has 0 rings (SSSR count). The lowest BCUT2D eigenvalue weighted by atomic mass is 9.93. The first-order valence-electron chi connectivity index (χ1n) is 9.46. The number of rotatable bonds is 15. The molecule has 0 radical (unpaired) electrons. The fourth-order valence-corrected chi connectivity index (χ4v) is 3.04. The van der Waals surface area contributed by atoms with Crippen molar-refractivity contribution in [1.82, 2.24) is 0 Å². The van der Waals surface area contributed by atoms with E-state index in [9.17, 15) is 0 Å². The number of nitrogens with two attached hydrogens (primary N) is 1. The predicted molar refractivity (Wildman–Crippen MR) is 93.1 cm³/mol. The molecule has 2 unspecified atom stereocenters. The van der Waals surface area contributed by atoms with Gasteiger partial charge < -0.3 is 5.73 Å². The van der Waals surface area contributed by atoms with Gasteiger partial charge in [0.2, 0.25) is 0 Å². The van der Waals surface area contributed by atoms with Crippen LogP contribution < -0.4 is 5.73 Å². The molecule has 0 aromatic rings. The minimum absolute atomic E-state index is 0.450. The van der Waals surface area contributed by atoms with Crippen molar-refractivity contribution in [2.24, 2.45) is 11.7 Å². The van der Waals surface area contributed by atoms with Gasteiger partial charge in [0, 0.05) is 6.04 Å². The summed E-state index contributed by atoms with van der Waals surface area (Å²) in [5.74, 6) is 0.826. The summed E-state index contributed by atoms with van der Waals surface area (Å²) in [7, 11) is 0. The molecule has 0 aliphatic rings. The maximum Gasteiger partial charge on any atom is 0.00413 e. The highest BCUT2D eigenvalue weighted by Gasteiger charge is 2.08. The van der Waals surface area contributed by atoms with Gasteiger partial charge in [-0.05, 0) is 18.8 Å². The minimum Gasteiger partial charge on any atom is -0.328 e. The molecule has 1 nitrogen and oxygen atoms in total. The van der Waals surface area contributed by atoms with E-state index < -0.39 is 0 Å². The van der Waals surface area contributed by atoms with Gasteiger partial charge in [0.05, 0.1) is 0 Å². The molecular weight excluding hydrogens is 242 g/mol. The van der Waals surface area contributed by atoms with E-state index in [4.69, 9.17) is 5.73 Å². The predicted octanol–water partition coefficient (Wildman–Crippen LogP) is 6.45. The second-order valence-corrected chi connectivity index (χ2v) is 6.86. The van der Waals surface area contributed by atoms with Gasteiger partial charge in [-0.1, -0.05) is 97.8 Å². The Hall–Kier alpha value is -0.0400. The normalized spacial score (nSPS) is 14.4. The molecule has 0 aromatic heterocycles. The fourth-order valence-electron chi connectivity index (χ4n) is 3.04. The zero-order chi connectivity index (χ0) is 15.1. The van der Waals surface area contributed by atoms with E-state index in [2.05, 4.69) is 20.8 Å². The number of hydrogen-bond donors (Lipinski definition) is 1. The van der Waals surface area contributed by atoms with E-state index in [1.807, 2.05) is 0 Å². The van der Waals surface area contributed by atoms with Crippen LogP contribution in [0.2, 0.25) is 0 Å². The lowest BCUT2D eigenvalue weighted by molar-refractivity contribution is 0.397. The van der Waals surface area contributed by atoms with Crippen LogP contribution >= 0.6 is 0 Å². The third-order valence-corrected chi connectivity index (χ3v) is 4.43. The van der Waals surface area contributed by atoms with Crippen LogP contribution in [0.25, 0.3) is 0 Å². The molecule has 0 bridgehead atoms. The molecule has 122 valence electrons. The summed E-state index contributed by atoms with van der Waals surface area (Å²) in [6.45, 7) is 6.94. The highest BCUT2D eigenvalue weighted by molar-refractivity contribution is 4.66. The van der Waals surface area contributed by atoms with Crippen LogP contribution in [0, 0.1) is 5.92 Å². The third-order valence-electron chi connectivity index (χ3n) is 4.43. The number of unbranched alkanes of at least 4 members (excludes halogenated alkanes) is 9. The summed E-state index contributed by atoms with van der Waals surface area (Å²) in [4.78, 5) is 0. The summed E-state index contributed by atoms with van der Waals surface area (Å²) >= 11 is 0. The van der Waals surface area contributed by atoms with Crippen LogP contribution in [0.4, 0.5) is 0 Å². The smallest absolute Gasteiger partial charge is 0.00413 e. The van der Waals surface area contributed by atoms with Crippen LogP contribution in [0.3, 0.4) is 0 Å². The fraction of sp³-hybridized carbons (Fsp3) is 1.00. The Morgan fingerprint density at radius 1 is 0.650 bits per heavy atom. The van der Waals surface area contributed by atoms with Crippen LogP contribution in [0.5, 0.6) is 0 Å². The molecule has 0 amide bonds. The van der Waals surface area contributed by atoms with Crippen LogP contribution in [0.1, 0.15) is 111 Å². The molecule has 0 aliphatic carbocycles. The number of hydrogen-bond acceptors (Lipinski definition) is 1. The van der Waals surface area contributed by atoms with Crippen molar-refractivity contribution < 1.29 is 0 Å². The standard InChI is InChI=1S/C19H41N/c1-4-6-8-9-10-11-12-14-15-18(3)17-19(20)16-13-7-5-2/h18-19H,4-17,20H2,1-3H3. The average Bonchev–Trinajstić information content (AvgIpc) is 2.42. The second-order valence-electron chi connectivity index (χ2n) is 6.86. The molecule has 0 fully saturated rings. The Kier molecular flexibility index (Phi) is 15.3. The van der Waals surface area contributed by atoms with Gasteiger partial charge in [-0.15, -0.1) is 0 Å². The van der Waals surface area contributed by atoms with Crippen molar-refractivity contribution in [1.29, 1.82) is 0 Å². The topological polar surface area (TPSA) is 26.0 Å². The summed E-state index contributed by atoms with van der Waals surface area (Å²) < 4.78 is 0. The van der Waals surface area contributed by atoms with Crippen molar-refractivity contribution in [3.8, 4) is 0 Å². The average molecular weight is 284 g/mol. The Bertz CT molecular complexity index is 179. The van der Waals surface area contributed by atoms with Crippen LogP contribution in [0.15, 0.2) is 0 Å². The molecule has 0 aromatic carbocycles. The maximum absolute atomic E-state index is 6.21. The summed E-state index contributed by atoms with van der Waals surface area (Å²) in [6.07, 6.45) is 19.2. The molecule has 20 heavy (non-hydrogen) atoms.